The lowest BCUT2D eigenvalue weighted by atomic mass is 10.1. The number of rotatable bonds is 5. The summed E-state index contributed by atoms with van der Waals surface area (Å²) in [6, 6.07) is 12.9. The first-order valence-electron chi connectivity index (χ1n) is 7.43. The minimum absolute atomic E-state index is 0.633. The first kappa shape index (κ1) is 14.6. The normalized spacial score (nSPS) is 13.2. The van der Waals surface area contributed by atoms with E-state index >= 15 is 0 Å². The number of ether oxygens (including phenoxy) is 1. The van der Waals surface area contributed by atoms with Gasteiger partial charge in [0.05, 0.1) is 0 Å². The summed E-state index contributed by atoms with van der Waals surface area (Å²) in [5, 5.41) is 3.17. The molecule has 3 rings (SSSR count). The highest BCUT2D eigenvalue weighted by atomic mass is 79.9. The van der Waals surface area contributed by atoms with Crippen LogP contribution in [0.4, 0.5) is 0 Å². The fourth-order valence-corrected chi connectivity index (χ4v) is 3.24. The predicted molar refractivity (Wildman–Crippen MR) is 89.7 cm³/mol. The molecule has 0 saturated heterocycles. The highest BCUT2D eigenvalue weighted by molar-refractivity contribution is 9.10. The average molecular weight is 346 g/mol. The van der Waals surface area contributed by atoms with E-state index in [9.17, 15) is 0 Å². The summed E-state index contributed by atoms with van der Waals surface area (Å²) >= 11 is 3.57. The fraction of sp³-hybridized carbons (Fsp3) is 0.333. The molecule has 110 valence electrons. The minimum Gasteiger partial charge on any atom is -0.489 e. The van der Waals surface area contributed by atoms with E-state index < -0.39 is 0 Å². The summed E-state index contributed by atoms with van der Waals surface area (Å²) in [5.41, 5.74) is 5.49. The topological polar surface area (TPSA) is 21.3 Å². The van der Waals surface area contributed by atoms with Gasteiger partial charge in [-0.05, 0) is 66.8 Å². The smallest absolute Gasteiger partial charge is 0.120 e. The quantitative estimate of drug-likeness (QED) is 0.875. The van der Waals surface area contributed by atoms with Gasteiger partial charge in [-0.3, -0.25) is 0 Å². The number of aryl methyl sites for hydroxylation is 2. The van der Waals surface area contributed by atoms with Crippen LogP contribution in [0.15, 0.2) is 40.9 Å². The second kappa shape index (κ2) is 6.63. The summed E-state index contributed by atoms with van der Waals surface area (Å²) in [6.45, 7) is 1.46. The molecule has 0 amide bonds. The zero-order valence-electron chi connectivity index (χ0n) is 12.3. The molecule has 0 fully saturated rings. The lowest BCUT2D eigenvalue weighted by Crippen LogP contribution is -2.06. The van der Waals surface area contributed by atoms with Gasteiger partial charge in [0.2, 0.25) is 0 Å². The maximum absolute atomic E-state index is 5.95. The van der Waals surface area contributed by atoms with E-state index in [-0.39, 0.29) is 0 Å². The summed E-state index contributed by atoms with van der Waals surface area (Å²) in [5.74, 6) is 0.920. The maximum atomic E-state index is 5.95. The molecule has 0 atom stereocenters. The van der Waals surface area contributed by atoms with Crippen LogP contribution >= 0.6 is 15.9 Å². The summed E-state index contributed by atoms with van der Waals surface area (Å²) in [4.78, 5) is 0. The van der Waals surface area contributed by atoms with Gasteiger partial charge in [0, 0.05) is 11.0 Å². The van der Waals surface area contributed by atoms with E-state index in [0.29, 0.717) is 6.61 Å². The van der Waals surface area contributed by atoms with E-state index in [1.165, 1.54) is 41.5 Å². The van der Waals surface area contributed by atoms with Crippen molar-refractivity contribution < 1.29 is 4.74 Å². The van der Waals surface area contributed by atoms with Gasteiger partial charge >= 0.3 is 0 Å². The number of halogens is 1. The van der Waals surface area contributed by atoms with Crippen LogP contribution in [0.3, 0.4) is 0 Å². The molecule has 0 saturated carbocycles. The monoisotopic (exact) mass is 345 g/mol. The second-order valence-electron chi connectivity index (χ2n) is 5.53. The van der Waals surface area contributed by atoms with Crippen molar-refractivity contribution in [3.8, 4) is 5.75 Å². The Balaban J connectivity index is 1.68. The van der Waals surface area contributed by atoms with Crippen molar-refractivity contribution in [2.45, 2.75) is 32.4 Å². The Labute approximate surface area is 134 Å². The molecule has 1 aliphatic rings. The van der Waals surface area contributed by atoms with Gasteiger partial charge in [-0.25, -0.2) is 0 Å². The highest BCUT2D eigenvalue weighted by Crippen LogP contribution is 2.25. The largest absolute Gasteiger partial charge is 0.489 e. The van der Waals surface area contributed by atoms with Crippen LogP contribution in [0.2, 0.25) is 0 Å². The van der Waals surface area contributed by atoms with Gasteiger partial charge < -0.3 is 10.1 Å². The third-order valence-corrected chi connectivity index (χ3v) is 4.73. The molecule has 21 heavy (non-hydrogen) atoms. The molecule has 3 heteroatoms. The van der Waals surface area contributed by atoms with Crippen molar-refractivity contribution in [2.75, 3.05) is 7.05 Å². The van der Waals surface area contributed by atoms with E-state index in [1.807, 2.05) is 19.2 Å². The van der Waals surface area contributed by atoms with Crippen molar-refractivity contribution in [3.05, 3.63) is 63.1 Å². The summed E-state index contributed by atoms with van der Waals surface area (Å²) < 4.78 is 7.06. The van der Waals surface area contributed by atoms with E-state index in [4.69, 9.17) is 4.74 Å². The van der Waals surface area contributed by atoms with E-state index in [0.717, 1.165) is 16.8 Å². The Hall–Kier alpha value is -1.32. The van der Waals surface area contributed by atoms with Crippen LogP contribution in [0.25, 0.3) is 0 Å². The molecule has 0 spiro atoms. The van der Waals surface area contributed by atoms with Gasteiger partial charge in [-0.2, -0.15) is 0 Å². The molecule has 2 aromatic carbocycles. The van der Waals surface area contributed by atoms with Gasteiger partial charge in [0.25, 0.3) is 0 Å². The first-order chi connectivity index (χ1) is 10.3. The van der Waals surface area contributed by atoms with E-state index in [1.54, 1.807) is 0 Å². The average Bonchev–Trinajstić information content (AvgIpc) is 2.96. The number of hydrogen-bond donors (Lipinski definition) is 1. The first-order valence-corrected chi connectivity index (χ1v) is 8.22. The zero-order valence-corrected chi connectivity index (χ0v) is 13.9. The lowest BCUT2D eigenvalue weighted by molar-refractivity contribution is 0.305. The zero-order chi connectivity index (χ0) is 14.7. The molecule has 1 aliphatic carbocycles. The Morgan fingerprint density at radius 3 is 2.81 bits per heavy atom. The number of hydrogen-bond acceptors (Lipinski definition) is 2. The van der Waals surface area contributed by atoms with Gasteiger partial charge in [-0.1, -0.05) is 34.1 Å². The molecule has 2 nitrogen and oxygen atoms in total. The maximum Gasteiger partial charge on any atom is 0.120 e. The van der Waals surface area contributed by atoms with Crippen LogP contribution in [0.1, 0.15) is 28.7 Å². The molecule has 1 N–H and O–H groups in total. The SMILES string of the molecule is CNCc1cc(OCc2ccc3c(c2)CCC3)ccc1Br. The molecular formula is C18H20BrNO. The molecule has 2 aromatic rings. The van der Waals surface area contributed by atoms with Crippen molar-refractivity contribution in [1.82, 2.24) is 5.32 Å². The second-order valence-corrected chi connectivity index (χ2v) is 6.38. The van der Waals surface area contributed by atoms with E-state index in [2.05, 4.69) is 45.5 Å². The third kappa shape index (κ3) is 3.47. The molecule has 0 aromatic heterocycles. The number of fused-ring (bicyclic) bond motifs is 1. The Kier molecular flexibility index (Phi) is 4.61. The molecule has 0 heterocycles. The van der Waals surface area contributed by atoms with Crippen molar-refractivity contribution >= 4 is 15.9 Å². The van der Waals surface area contributed by atoms with Gasteiger partial charge in [0.15, 0.2) is 0 Å². The van der Waals surface area contributed by atoms with Crippen molar-refractivity contribution in [3.63, 3.8) is 0 Å². The number of nitrogens with one attached hydrogen (secondary N) is 1. The Bertz CT molecular complexity index is 639. The Morgan fingerprint density at radius 1 is 1.10 bits per heavy atom. The lowest BCUT2D eigenvalue weighted by Gasteiger charge is -2.10. The summed E-state index contributed by atoms with van der Waals surface area (Å²) in [6.07, 6.45) is 3.74. The molecule has 0 aliphatic heterocycles. The molecule has 0 unspecified atom stereocenters. The molecule has 0 radical (unpaired) electrons. The number of benzene rings is 2. The Morgan fingerprint density at radius 2 is 1.95 bits per heavy atom. The fourth-order valence-electron chi connectivity index (χ4n) is 2.85. The molecular weight excluding hydrogens is 326 g/mol. The van der Waals surface area contributed by atoms with Crippen LogP contribution in [-0.2, 0) is 26.0 Å². The third-order valence-electron chi connectivity index (χ3n) is 3.95. The minimum atomic E-state index is 0.633. The summed E-state index contributed by atoms with van der Waals surface area (Å²) in [7, 11) is 1.95. The molecule has 0 bridgehead atoms. The van der Waals surface area contributed by atoms with Gasteiger partial charge in [0.1, 0.15) is 12.4 Å². The van der Waals surface area contributed by atoms with Crippen LogP contribution in [-0.4, -0.2) is 7.05 Å². The van der Waals surface area contributed by atoms with Crippen LogP contribution in [0, 0.1) is 0 Å². The highest BCUT2D eigenvalue weighted by Gasteiger charge is 2.11. The van der Waals surface area contributed by atoms with Crippen LogP contribution < -0.4 is 10.1 Å². The van der Waals surface area contributed by atoms with Crippen molar-refractivity contribution in [2.24, 2.45) is 0 Å². The predicted octanol–water partition coefficient (Wildman–Crippen LogP) is 4.24. The standard InChI is InChI=1S/C18H20BrNO/c1-20-11-16-10-17(7-8-18(16)19)21-12-13-5-6-14-3-2-4-15(14)9-13/h5-10,20H,2-4,11-12H2,1H3. The van der Waals surface area contributed by atoms with Crippen LogP contribution in [0.5, 0.6) is 5.75 Å². The van der Waals surface area contributed by atoms with Crippen molar-refractivity contribution in [1.29, 1.82) is 0 Å². The van der Waals surface area contributed by atoms with Gasteiger partial charge in [-0.15, -0.1) is 0 Å².